The first-order chi connectivity index (χ1) is 11.9. The normalized spacial score (nSPS) is 17.0. The standard InChI is InChI=1S/C17H15N3O4S/c1-10-8-11-4-2-3-5-15(11)20(10)25(23,24)12-6-7-14-13(9-12)16(21)19-17(22)18-14/h2-7,9-10H,8H2,1H3,(H2,18,19,21,22). The molecule has 0 amide bonds. The summed E-state index contributed by atoms with van der Waals surface area (Å²) in [6.07, 6.45) is 0.636. The molecule has 0 saturated carbocycles. The molecule has 128 valence electrons. The van der Waals surface area contributed by atoms with Gasteiger partial charge in [-0.1, -0.05) is 18.2 Å². The van der Waals surface area contributed by atoms with Gasteiger partial charge in [-0.2, -0.15) is 0 Å². The Bertz CT molecular complexity index is 1210. The van der Waals surface area contributed by atoms with Crippen LogP contribution in [0.4, 0.5) is 5.69 Å². The molecular formula is C17H15N3O4S. The minimum absolute atomic E-state index is 0.0149. The van der Waals surface area contributed by atoms with Crippen LogP contribution in [0.5, 0.6) is 0 Å². The van der Waals surface area contributed by atoms with Crippen LogP contribution in [-0.2, 0) is 16.4 Å². The maximum absolute atomic E-state index is 13.2. The number of sulfonamides is 1. The molecule has 0 bridgehead atoms. The number of hydrogen-bond acceptors (Lipinski definition) is 4. The zero-order chi connectivity index (χ0) is 17.8. The molecule has 1 atom stereocenters. The molecule has 0 spiro atoms. The first kappa shape index (κ1) is 15.6. The molecule has 3 aromatic rings. The summed E-state index contributed by atoms with van der Waals surface area (Å²) in [5.74, 6) is 0. The SMILES string of the molecule is CC1Cc2ccccc2N1S(=O)(=O)c1ccc2[nH]c(=O)[nH]c(=O)c2c1. The van der Waals surface area contributed by atoms with Gasteiger partial charge in [0.15, 0.2) is 0 Å². The number of aromatic amines is 2. The van der Waals surface area contributed by atoms with E-state index in [0.29, 0.717) is 17.6 Å². The molecule has 2 N–H and O–H groups in total. The summed E-state index contributed by atoms with van der Waals surface area (Å²) in [5.41, 5.74) is 0.676. The van der Waals surface area contributed by atoms with Gasteiger partial charge in [0.2, 0.25) is 0 Å². The topological polar surface area (TPSA) is 103 Å². The van der Waals surface area contributed by atoms with Crippen molar-refractivity contribution in [3.8, 4) is 0 Å². The number of fused-ring (bicyclic) bond motifs is 2. The average Bonchev–Trinajstić information content (AvgIpc) is 2.90. The first-order valence-corrected chi connectivity index (χ1v) is 9.20. The fraction of sp³-hybridized carbons (Fsp3) is 0.176. The van der Waals surface area contributed by atoms with E-state index in [9.17, 15) is 18.0 Å². The lowest BCUT2D eigenvalue weighted by molar-refractivity contribution is 0.584. The molecule has 25 heavy (non-hydrogen) atoms. The van der Waals surface area contributed by atoms with Crippen LogP contribution in [0.3, 0.4) is 0 Å². The Morgan fingerprint density at radius 2 is 1.84 bits per heavy atom. The van der Waals surface area contributed by atoms with Gasteiger partial charge in [-0.15, -0.1) is 0 Å². The Morgan fingerprint density at radius 1 is 1.08 bits per heavy atom. The summed E-state index contributed by atoms with van der Waals surface area (Å²) in [7, 11) is -3.83. The van der Waals surface area contributed by atoms with E-state index in [0.717, 1.165) is 5.56 Å². The minimum atomic E-state index is -3.83. The summed E-state index contributed by atoms with van der Waals surface area (Å²) < 4.78 is 27.7. The highest BCUT2D eigenvalue weighted by Crippen LogP contribution is 2.36. The van der Waals surface area contributed by atoms with Gasteiger partial charge in [-0.25, -0.2) is 13.2 Å². The Morgan fingerprint density at radius 3 is 2.64 bits per heavy atom. The zero-order valence-corrected chi connectivity index (χ0v) is 14.1. The third-order valence-corrected chi connectivity index (χ3v) is 6.34. The van der Waals surface area contributed by atoms with Crippen LogP contribution in [-0.4, -0.2) is 24.4 Å². The second-order valence-electron chi connectivity index (χ2n) is 6.10. The van der Waals surface area contributed by atoms with Gasteiger partial charge in [-0.3, -0.25) is 14.1 Å². The molecule has 1 aliphatic rings. The predicted octanol–water partition coefficient (Wildman–Crippen LogP) is 1.36. The second kappa shape index (κ2) is 5.32. The van der Waals surface area contributed by atoms with Crippen LogP contribution >= 0.6 is 0 Å². The summed E-state index contributed by atoms with van der Waals surface area (Å²) in [4.78, 5) is 27.9. The molecule has 1 aliphatic heterocycles. The number of aromatic nitrogens is 2. The smallest absolute Gasteiger partial charge is 0.307 e. The van der Waals surface area contributed by atoms with E-state index in [1.54, 1.807) is 12.1 Å². The molecule has 8 heteroatoms. The van der Waals surface area contributed by atoms with Gasteiger partial charge in [0.25, 0.3) is 15.6 Å². The van der Waals surface area contributed by atoms with Crippen LogP contribution in [0.25, 0.3) is 10.9 Å². The van der Waals surface area contributed by atoms with Crippen molar-refractivity contribution >= 4 is 26.6 Å². The van der Waals surface area contributed by atoms with Gasteiger partial charge in [-0.05, 0) is 43.2 Å². The lowest BCUT2D eigenvalue weighted by Gasteiger charge is -2.24. The Labute approximate surface area is 143 Å². The quantitative estimate of drug-likeness (QED) is 0.723. The first-order valence-electron chi connectivity index (χ1n) is 7.76. The highest BCUT2D eigenvalue weighted by molar-refractivity contribution is 7.92. The molecule has 0 aliphatic carbocycles. The Hall–Kier alpha value is -2.87. The van der Waals surface area contributed by atoms with Crippen molar-refractivity contribution in [2.45, 2.75) is 24.3 Å². The van der Waals surface area contributed by atoms with Crippen molar-refractivity contribution in [3.05, 3.63) is 68.9 Å². The fourth-order valence-corrected chi connectivity index (χ4v) is 5.04. The molecule has 0 fully saturated rings. The van der Waals surface area contributed by atoms with E-state index in [2.05, 4.69) is 9.97 Å². The van der Waals surface area contributed by atoms with E-state index in [-0.39, 0.29) is 16.3 Å². The van der Waals surface area contributed by atoms with Crippen LogP contribution in [0.15, 0.2) is 56.9 Å². The molecule has 1 aromatic heterocycles. The minimum Gasteiger partial charge on any atom is -0.307 e. The van der Waals surface area contributed by atoms with Crippen molar-refractivity contribution in [1.82, 2.24) is 9.97 Å². The van der Waals surface area contributed by atoms with E-state index in [1.165, 1.54) is 22.5 Å². The fourth-order valence-electron chi connectivity index (χ4n) is 3.32. The molecule has 0 saturated heterocycles. The third-order valence-electron chi connectivity index (χ3n) is 4.41. The van der Waals surface area contributed by atoms with Crippen LogP contribution in [0.1, 0.15) is 12.5 Å². The summed E-state index contributed by atoms with van der Waals surface area (Å²) >= 11 is 0. The number of rotatable bonds is 2. The van der Waals surface area contributed by atoms with E-state index < -0.39 is 21.3 Å². The van der Waals surface area contributed by atoms with Crippen molar-refractivity contribution < 1.29 is 8.42 Å². The van der Waals surface area contributed by atoms with Crippen molar-refractivity contribution in [2.24, 2.45) is 0 Å². The van der Waals surface area contributed by atoms with Gasteiger partial charge < -0.3 is 4.98 Å². The van der Waals surface area contributed by atoms with Gasteiger partial charge in [0, 0.05) is 6.04 Å². The van der Waals surface area contributed by atoms with Gasteiger partial charge >= 0.3 is 5.69 Å². The second-order valence-corrected chi connectivity index (χ2v) is 7.91. The monoisotopic (exact) mass is 357 g/mol. The van der Waals surface area contributed by atoms with Gasteiger partial charge in [0.1, 0.15) is 0 Å². The molecular weight excluding hydrogens is 342 g/mol. The summed E-state index contributed by atoms with van der Waals surface area (Å²) in [6, 6.07) is 11.3. The summed E-state index contributed by atoms with van der Waals surface area (Å²) in [6.45, 7) is 1.85. The van der Waals surface area contributed by atoms with Crippen molar-refractivity contribution in [3.63, 3.8) is 0 Å². The third kappa shape index (κ3) is 2.37. The number of nitrogens with zero attached hydrogens (tertiary/aromatic N) is 1. The molecule has 0 radical (unpaired) electrons. The number of nitrogens with one attached hydrogen (secondary N) is 2. The van der Waals surface area contributed by atoms with E-state index in [1.807, 2.05) is 19.1 Å². The Balaban J connectivity index is 1.91. The average molecular weight is 357 g/mol. The highest BCUT2D eigenvalue weighted by Gasteiger charge is 2.35. The molecule has 4 rings (SSSR count). The lowest BCUT2D eigenvalue weighted by Crippen LogP contribution is -2.35. The maximum atomic E-state index is 13.2. The molecule has 2 heterocycles. The van der Waals surface area contributed by atoms with Crippen LogP contribution < -0.4 is 15.6 Å². The van der Waals surface area contributed by atoms with Crippen LogP contribution in [0, 0.1) is 0 Å². The lowest BCUT2D eigenvalue weighted by atomic mass is 10.1. The van der Waals surface area contributed by atoms with E-state index >= 15 is 0 Å². The zero-order valence-electron chi connectivity index (χ0n) is 13.3. The number of hydrogen-bond donors (Lipinski definition) is 2. The summed E-state index contributed by atoms with van der Waals surface area (Å²) in [5, 5.41) is 0.126. The Kier molecular flexibility index (Phi) is 3.33. The van der Waals surface area contributed by atoms with Crippen molar-refractivity contribution in [1.29, 1.82) is 0 Å². The number of H-pyrrole nitrogens is 2. The number of benzene rings is 2. The number of anilines is 1. The maximum Gasteiger partial charge on any atom is 0.326 e. The van der Waals surface area contributed by atoms with E-state index in [4.69, 9.17) is 0 Å². The van der Waals surface area contributed by atoms with Crippen LogP contribution in [0.2, 0.25) is 0 Å². The molecule has 2 aromatic carbocycles. The number of para-hydroxylation sites is 1. The molecule has 1 unspecified atom stereocenters. The molecule has 7 nitrogen and oxygen atoms in total. The predicted molar refractivity (Wildman–Crippen MR) is 94.5 cm³/mol. The largest absolute Gasteiger partial charge is 0.326 e. The van der Waals surface area contributed by atoms with Crippen molar-refractivity contribution in [2.75, 3.05) is 4.31 Å². The highest BCUT2D eigenvalue weighted by atomic mass is 32.2. The van der Waals surface area contributed by atoms with Gasteiger partial charge in [0.05, 0.1) is 21.5 Å².